The van der Waals surface area contributed by atoms with Crippen LogP contribution < -0.4 is 5.32 Å². The number of carbonyl (C=O) groups is 1. The van der Waals surface area contributed by atoms with E-state index in [1.54, 1.807) is 0 Å². The lowest BCUT2D eigenvalue weighted by Crippen LogP contribution is -2.30. The molecule has 0 spiro atoms. The second kappa shape index (κ2) is 5.78. The van der Waals surface area contributed by atoms with Crippen LogP contribution in [0.4, 0.5) is 5.82 Å². The fraction of sp³-hybridized carbons (Fsp3) is 0.571. The Balaban J connectivity index is 2.10. The summed E-state index contributed by atoms with van der Waals surface area (Å²) in [6, 6.07) is 1.86. The monoisotopic (exact) mass is 282 g/mol. The molecule has 5 heteroatoms. The fourth-order valence-electron chi connectivity index (χ4n) is 2.96. The number of rotatable bonds is 3. The van der Waals surface area contributed by atoms with Gasteiger partial charge in [0.25, 0.3) is 0 Å². The Kier molecular flexibility index (Phi) is 4.30. The van der Waals surface area contributed by atoms with Gasteiger partial charge in [0.15, 0.2) is 0 Å². The molecule has 0 saturated heterocycles. The molecule has 1 aromatic rings. The van der Waals surface area contributed by atoms with E-state index in [0.717, 1.165) is 12.8 Å². The highest BCUT2D eigenvalue weighted by Crippen LogP contribution is 2.30. The van der Waals surface area contributed by atoms with E-state index in [1.807, 2.05) is 0 Å². The Hall–Kier alpha value is -1.29. The van der Waals surface area contributed by atoms with Gasteiger partial charge in [0.2, 0.25) is 0 Å². The summed E-state index contributed by atoms with van der Waals surface area (Å²) < 4.78 is 0. The minimum absolute atomic E-state index is 0.0936. The van der Waals surface area contributed by atoms with Crippen molar-refractivity contribution in [1.82, 2.24) is 4.98 Å². The van der Waals surface area contributed by atoms with Gasteiger partial charge in [0.05, 0.1) is 10.6 Å². The van der Waals surface area contributed by atoms with Crippen LogP contribution in [0.2, 0.25) is 5.02 Å². The lowest BCUT2D eigenvalue weighted by molar-refractivity contribution is 0.0697. The molecule has 2 unspecified atom stereocenters. The van der Waals surface area contributed by atoms with E-state index >= 15 is 0 Å². The minimum Gasteiger partial charge on any atom is -0.478 e. The Labute approximate surface area is 118 Å². The molecule has 1 saturated carbocycles. The second-order valence-electron chi connectivity index (χ2n) is 5.61. The zero-order chi connectivity index (χ0) is 14.0. The summed E-state index contributed by atoms with van der Waals surface area (Å²) in [5.74, 6) is 0.939. The average Bonchev–Trinajstić information content (AvgIpc) is 2.30. The number of hydrogen-bond donors (Lipinski definition) is 2. The number of halogens is 1. The fourth-order valence-corrected chi connectivity index (χ4v) is 3.14. The van der Waals surface area contributed by atoms with Gasteiger partial charge >= 0.3 is 5.97 Å². The van der Waals surface area contributed by atoms with Crippen molar-refractivity contribution in [3.05, 3.63) is 22.8 Å². The molecule has 0 amide bonds. The third-order valence-corrected chi connectivity index (χ3v) is 3.92. The van der Waals surface area contributed by atoms with E-state index in [2.05, 4.69) is 24.1 Å². The molecular weight excluding hydrogens is 264 g/mol. The van der Waals surface area contributed by atoms with Crippen LogP contribution in [0.3, 0.4) is 0 Å². The van der Waals surface area contributed by atoms with E-state index in [0.29, 0.717) is 23.7 Å². The minimum atomic E-state index is -1.03. The molecule has 0 radical (unpaired) electrons. The van der Waals surface area contributed by atoms with Gasteiger partial charge in [-0.15, -0.1) is 0 Å². The Bertz CT molecular complexity index is 469. The van der Waals surface area contributed by atoms with Crippen molar-refractivity contribution in [2.24, 2.45) is 11.8 Å². The molecule has 19 heavy (non-hydrogen) atoms. The van der Waals surface area contributed by atoms with Gasteiger partial charge in [-0.2, -0.15) is 0 Å². The molecule has 104 valence electrons. The zero-order valence-corrected chi connectivity index (χ0v) is 11.9. The smallest absolute Gasteiger partial charge is 0.337 e. The molecule has 0 aromatic carbocycles. The summed E-state index contributed by atoms with van der Waals surface area (Å²) >= 11 is 5.81. The highest BCUT2D eigenvalue weighted by molar-refractivity contribution is 6.33. The van der Waals surface area contributed by atoms with Crippen LogP contribution in [0.5, 0.6) is 0 Å². The van der Waals surface area contributed by atoms with Gasteiger partial charge in [-0.25, -0.2) is 9.78 Å². The summed E-state index contributed by atoms with van der Waals surface area (Å²) in [6.45, 7) is 4.50. The highest BCUT2D eigenvalue weighted by atomic mass is 35.5. The average molecular weight is 283 g/mol. The molecule has 1 aromatic heterocycles. The molecule has 0 bridgehead atoms. The van der Waals surface area contributed by atoms with Crippen LogP contribution in [-0.2, 0) is 0 Å². The number of aromatic carboxylic acids is 1. The van der Waals surface area contributed by atoms with Crippen molar-refractivity contribution < 1.29 is 9.90 Å². The van der Waals surface area contributed by atoms with Crippen LogP contribution in [0, 0.1) is 11.8 Å². The number of anilines is 1. The summed E-state index contributed by atoms with van der Waals surface area (Å²) in [4.78, 5) is 15.2. The van der Waals surface area contributed by atoms with E-state index < -0.39 is 5.97 Å². The van der Waals surface area contributed by atoms with E-state index in [9.17, 15) is 4.79 Å². The zero-order valence-electron chi connectivity index (χ0n) is 11.2. The van der Waals surface area contributed by atoms with Gasteiger partial charge < -0.3 is 10.4 Å². The second-order valence-corrected chi connectivity index (χ2v) is 6.02. The predicted octanol–water partition coefficient (Wildman–Crippen LogP) is 3.67. The quantitative estimate of drug-likeness (QED) is 0.888. The maximum atomic E-state index is 11.0. The number of hydrogen-bond acceptors (Lipinski definition) is 3. The first kappa shape index (κ1) is 14.1. The highest BCUT2D eigenvalue weighted by Gasteiger charge is 2.24. The number of pyridine rings is 1. The van der Waals surface area contributed by atoms with Gasteiger partial charge in [-0.3, -0.25) is 0 Å². The van der Waals surface area contributed by atoms with Crippen molar-refractivity contribution in [2.45, 2.75) is 39.2 Å². The number of nitrogens with zero attached hydrogens (tertiary/aromatic N) is 1. The summed E-state index contributed by atoms with van der Waals surface area (Å²) in [5.41, 5.74) is 0.0936. The lowest BCUT2D eigenvalue weighted by atomic mass is 9.80. The maximum absolute atomic E-state index is 11.0. The third kappa shape index (κ3) is 3.60. The van der Waals surface area contributed by atoms with Crippen LogP contribution >= 0.6 is 11.6 Å². The van der Waals surface area contributed by atoms with Gasteiger partial charge in [-0.05, 0) is 37.2 Å². The lowest BCUT2D eigenvalue weighted by Gasteiger charge is -2.32. The standard InChI is InChI=1S/C14H19ClN2O2/c1-8-3-9(2)5-10(4-8)17-13-6-11(14(18)19)12(15)7-16-13/h6-10H,3-5H2,1-2H3,(H,16,17)(H,18,19). The molecule has 4 nitrogen and oxygen atoms in total. The molecule has 1 aliphatic rings. The Morgan fingerprint density at radius 3 is 2.58 bits per heavy atom. The van der Waals surface area contributed by atoms with Crippen LogP contribution in [0.1, 0.15) is 43.5 Å². The van der Waals surface area contributed by atoms with Crippen molar-refractivity contribution in [3.8, 4) is 0 Å². The molecule has 1 heterocycles. The van der Waals surface area contributed by atoms with E-state index in [4.69, 9.17) is 16.7 Å². The number of carboxylic acids is 1. The first-order valence-electron chi connectivity index (χ1n) is 6.61. The molecule has 2 atom stereocenters. The van der Waals surface area contributed by atoms with Crippen LogP contribution in [0.15, 0.2) is 12.3 Å². The normalized spacial score (nSPS) is 27.0. The van der Waals surface area contributed by atoms with Gasteiger partial charge in [0, 0.05) is 12.2 Å². The first-order valence-corrected chi connectivity index (χ1v) is 6.99. The molecule has 0 aliphatic heterocycles. The summed E-state index contributed by atoms with van der Waals surface area (Å²) in [5, 5.41) is 12.5. The number of carboxylic acid groups (broad SMARTS) is 1. The predicted molar refractivity (Wildman–Crippen MR) is 75.8 cm³/mol. The first-order chi connectivity index (χ1) is 8.95. The van der Waals surface area contributed by atoms with Gasteiger partial charge in [0.1, 0.15) is 5.82 Å². The molecule has 1 aliphatic carbocycles. The molecule has 2 N–H and O–H groups in total. The summed E-state index contributed by atoms with van der Waals surface area (Å²) in [6.07, 6.45) is 4.84. The Morgan fingerprint density at radius 1 is 1.37 bits per heavy atom. The maximum Gasteiger partial charge on any atom is 0.337 e. The number of aromatic nitrogens is 1. The van der Waals surface area contributed by atoms with E-state index in [1.165, 1.54) is 18.7 Å². The van der Waals surface area contributed by atoms with Crippen molar-refractivity contribution in [3.63, 3.8) is 0 Å². The number of nitrogens with one attached hydrogen (secondary N) is 1. The summed E-state index contributed by atoms with van der Waals surface area (Å²) in [7, 11) is 0. The van der Waals surface area contributed by atoms with Crippen molar-refractivity contribution in [1.29, 1.82) is 0 Å². The Morgan fingerprint density at radius 2 is 2.00 bits per heavy atom. The molecule has 2 rings (SSSR count). The van der Waals surface area contributed by atoms with Crippen molar-refractivity contribution >= 4 is 23.4 Å². The SMILES string of the molecule is CC1CC(C)CC(Nc2cc(C(=O)O)c(Cl)cn2)C1. The molecule has 1 fully saturated rings. The largest absolute Gasteiger partial charge is 0.478 e. The van der Waals surface area contributed by atoms with Gasteiger partial charge in [-0.1, -0.05) is 25.4 Å². The third-order valence-electron chi connectivity index (χ3n) is 3.62. The van der Waals surface area contributed by atoms with Crippen molar-refractivity contribution in [2.75, 3.05) is 5.32 Å². The topological polar surface area (TPSA) is 62.2 Å². The van der Waals surface area contributed by atoms with E-state index in [-0.39, 0.29) is 10.6 Å². The van der Waals surface area contributed by atoms with Crippen LogP contribution in [-0.4, -0.2) is 22.1 Å². The molecular formula is C14H19ClN2O2. The van der Waals surface area contributed by atoms with Crippen LogP contribution in [0.25, 0.3) is 0 Å².